The number of thiocarbonyl (C=S) groups is 2. The van der Waals surface area contributed by atoms with Gasteiger partial charge >= 0.3 is 0 Å². The Balaban J connectivity index is 1.34. The molecular weight excluding hydrogens is 493 g/mol. The van der Waals surface area contributed by atoms with Crippen LogP contribution in [0.5, 0.6) is 0 Å². The van der Waals surface area contributed by atoms with Crippen molar-refractivity contribution in [1.82, 2.24) is 25.5 Å². The molecule has 0 radical (unpaired) electrons. The lowest BCUT2D eigenvalue weighted by Gasteiger charge is -2.16. The zero-order valence-corrected chi connectivity index (χ0v) is 20.1. The van der Waals surface area contributed by atoms with Gasteiger partial charge in [-0.3, -0.25) is 0 Å². The quantitative estimate of drug-likeness (QED) is 0.219. The summed E-state index contributed by atoms with van der Waals surface area (Å²) < 4.78 is 6.73. The number of benzene rings is 1. The molecule has 1 saturated heterocycles. The molecule has 2 aromatic heterocycles. The van der Waals surface area contributed by atoms with Crippen molar-refractivity contribution in [2.24, 2.45) is 0 Å². The molecule has 0 saturated carbocycles. The second kappa shape index (κ2) is 10.2. The molecule has 0 atom stereocenters. The number of nitrogens with one attached hydrogen (secondary N) is 1. The molecule has 1 fully saturated rings. The number of aromatic nitrogens is 4. The highest BCUT2D eigenvalue weighted by Crippen LogP contribution is 2.35. The molecular formula is C20H17Cl2N5OS3. The fourth-order valence-electron chi connectivity index (χ4n) is 3.08. The monoisotopic (exact) mass is 509 g/mol. The summed E-state index contributed by atoms with van der Waals surface area (Å²) in [6.45, 7) is 0.793. The summed E-state index contributed by atoms with van der Waals surface area (Å²) in [4.78, 5) is 3.67. The summed E-state index contributed by atoms with van der Waals surface area (Å²) in [6.07, 6.45) is 5.74. The van der Waals surface area contributed by atoms with Gasteiger partial charge in [-0.05, 0) is 49.2 Å². The van der Waals surface area contributed by atoms with Crippen molar-refractivity contribution in [3.8, 4) is 11.3 Å². The Morgan fingerprint density at radius 2 is 1.97 bits per heavy atom. The molecule has 0 spiro atoms. The summed E-state index contributed by atoms with van der Waals surface area (Å²) in [7, 11) is 0. The number of halogens is 2. The molecule has 11 heteroatoms. The van der Waals surface area contributed by atoms with Gasteiger partial charge in [-0.1, -0.05) is 71.0 Å². The molecule has 160 valence electrons. The van der Waals surface area contributed by atoms with Crippen LogP contribution >= 0.6 is 59.4 Å². The lowest BCUT2D eigenvalue weighted by atomic mass is 10.2. The van der Waals surface area contributed by atoms with Crippen LogP contribution in [0.4, 0.5) is 0 Å². The van der Waals surface area contributed by atoms with Gasteiger partial charge in [0.25, 0.3) is 0 Å². The molecule has 1 aromatic carbocycles. The molecule has 1 aliphatic rings. The van der Waals surface area contributed by atoms with E-state index in [-0.39, 0.29) is 0 Å². The molecule has 0 amide bonds. The number of H-pyrrole nitrogens is 1. The zero-order chi connectivity index (χ0) is 21.8. The maximum absolute atomic E-state index is 6.11. The average molecular weight is 510 g/mol. The second-order valence-electron chi connectivity index (χ2n) is 6.80. The number of furan rings is 1. The molecule has 3 heterocycles. The van der Waals surface area contributed by atoms with E-state index in [0.717, 1.165) is 57.8 Å². The smallest absolute Gasteiger partial charge is 0.174 e. The van der Waals surface area contributed by atoms with Crippen molar-refractivity contribution in [2.75, 3.05) is 6.54 Å². The lowest BCUT2D eigenvalue weighted by Crippen LogP contribution is -2.27. The Bertz CT molecular complexity index is 1130. The first-order valence-electron chi connectivity index (χ1n) is 9.54. The Labute approximate surface area is 204 Å². The minimum Gasteiger partial charge on any atom is -0.457 e. The van der Waals surface area contributed by atoms with Crippen LogP contribution in [0.25, 0.3) is 17.4 Å². The van der Waals surface area contributed by atoms with Crippen LogP contribution in [-0.4, -0.2) is 41.4 Å². The third kappa shape index (κ3) is 5.53. The van der Waals surface area contributed by atoms with Crippen LogP contribution in [0.15, 0.2) is 39.7 Å². The number of aromatic amines is 1. The minimum absolute atomic E-state index is 0.487. The minimum atomic E-state index is 0.487. The second-order valence-corrected chi connectivity index (χ2v) is 9.68. The van der Waals surface area contributed by atoms with Gasteiger partial charge in [-0.15, -0.1) is 10.2 Å². The largest absolute Gasteiger partial charge is 0.457 e. The fourth-order valence-corrected chi connectivity index (χ4v) is 5.16. The third-order valence-electron chi connectivity index (χ3n) is 4.65. The Morgan fingerprint density at radius 3 is 2.74 bits per heavy atom. The molecule has 0 bridgehead atoms. The Hall–Kier alpha value is -1.78. The maximum atomic E-state index is 6.11. The van der Waals surface area contributed by atoms with Crippen molar-refractivity contribution >= 4 is 74.8 Å². The molecule has 4 rings (SSSR count). The lowest BCUT2D eigenvalue weighted by molar-refractivity contribution is 0.560. The van der Waals surface area contributed by atoms with Gasteiger partial charge < -0.3 is 9.32 Å². The average Bonchev–Trinajstić information content (AvgIpc) is 3.48. The molecule has 3 aromatic rings. The summed E-state index contributed by atoms with van der Waals surface area (Å²) in [5.41, 5.74) is 0.860. The van der Waals surface area contributed by atoms with E-state index >= 15 is 0 Å². The van der Waals surface area contributed by atoms with Crippen LogP contribution in [0.1, 0.15) is 30.8 Å². The number of nitrogens with zero attached hydrogens (tertiary/aromatic N) is 4. The molecule has 0 aliphatic carbocycles. The molecule has 6 nitrogen and oxygen atoms in total. The first-order valence-corrected chi connectivity index (χ1v) is 11.9. The van der Waals surface area contributed by atoms with Crippen LogP contribution in [0, 0.1) is 0 Å². The van der Waals surface area contributed by atoms with Crippen molar-refractivity contribution < 1.29 is 4.42 Å². The summed E-state index contributed by atoms with van der Waals surface area (Å²) in [5, 5.41) is 15.0. The van der Waals surface area contributed by atoms with Crippen molar-refractivity contribution in [3.63, 3.8) is 0 Å². The van der Waals surface area contributed by atoms with E-state index < -0.39 is 0 Å². The van der Waals surface area contributed by atoms with Crippen LogP contribution in [0.3, 0.4) is 0 Å². The topological polar surface area (TPSA) is 70.8 Å². The number of thioether (sulfide) groups is 1. The first-order chi connectivity index (χ1) is 15.0. The summed E-state index contributed by atoms with van der Waals surface area (Å²) in [6, 6.07) is 9.20. The van der Waals surface area contributed by atoms with Crippen molar-refractivity contribution in [3.05, 3.63) is 56.9 Å². The fraction of sp³-hybridized carbons (Fsp3) is 0.250. The number of hydrogen-bond acceptors (Lipinski definition) is 7. The predicted octanol–water partition coefficient (Wildman–Crippen LogP) is 6.18. The van der Waals surface area contributed by atoms with E-state index in [0.29, 0.717) is 21.6 Å². The normalized spacial score (nSPS) is 15.4. The highest BCUT2D eigenvalue weighted by Gasteiger charge is 2.28. The van der Waals surface area contributed by atoms with Gasteiger partial charge in [-0.2, -0.15) is 5.21 Å². The van der Waals surface area contributed by atoms with Crippen molar-refractivity contribution in [1.29, 1.82) is 0 Å². The van der Waals surface area contributed by atoms with Crippen molar-refractivity contribution in [2.45, 2.75) is 25.7 Å². The zero-order valence-electron chi connectivity index (χ0n) is 16.2. The number of aryl methyl sites for hydroxylation is 1. The third-order valence-corrected chi connectivity index (χ3v) is 7.35. The van der Waals surface area contributed by atoms with E-state index in [1.165, 1.54) is 11.8 Å². The number of hydrogen-bond donors (Lipinski definition) is 1. The standard InChI is InChI=1S/C20H17Cl2N5OS3/c21-14-7-5-12(10-15(14)22)16-8-6-13(28-16)11-17-19(29)27(20(30)31-17)9-3-1-2-4-18-23-25-26-24-18/h5-8,10-11H,1-4,9H2,(H,23,24,25,26)/b17-11-. The van der Waals surface area contributed by atoms with Crippen LogP contribution < -0.4 is 0 Å². The van der Waals surface area contributed by atoms with Crippen LogP contribution in [-0.2, 0) is 6.42 Å². The van der Waals surface area contributed by atoms with Gasteiger partial charge in [0.15, 0.2) is 5.82 Å². The summed E-state index contributed by atoms with van der Waals surface area (Å²) >= 11 is 24.8. The SMILES string of the molecule is S=C1S/C(=C\c2ccc(-c3ccc(Cl)c(Cl)c3)o2)C(=S)N1CCCCCc1nn[nH]n1. The number of unbranched alkanes of at least 4 members (excludes halogenated alkanes) is 2. The predicted molar refractivity (Wildman–Crippen MR) is 133 cm³/mol. The summed E-state index contributed by atoms with van der Waals surface area (Å²) in [5.74, 6) is 2.16. The van der Waals surface area contributed by atoms with E-state index in [1.54, 1.807) is 12.1 Å². The first kappa shape index (κ1) is 22.4. The molecule has 1 N–H and O–H groups in total. The van der Waals surface area contributed by atoms with E-state index in [4.69, 9.17) is 52.1 Å². The maximum Gasteiger partial charge on any atom is 0.174 e. The van der Waals surface area contributed by atoms with Gasteiger partial charge in [0, 0.05) is 18.5 Å². The van der Waals surface area contributed by atoms with Gasteiger partial charge in [0.1, 0.15) is 20.8 Å². The van der Waals surface area contributed by atoms with Gasteiger partial charge in [0.2, 0.25) is 0 Å². The Morgan fingerprint density at radius 1 is 1.10 bits per heavy atom. The molecule has 1 aliphatic heterocycles. The highest BCUT2D eigenvalue weighted by atomic mass is 35.5. The van der Waals surface area contributed by atoms with E-state index in [2.05, 4.69) is 20.6 Å². The number of tetrazole rings is 1. The number of rotatable bonds is 8. The van der Waals surface area contributed by atoms with E-state index in [9.17, 15) is 0 Å². The highest BCUT2D eigenvalue weighted by molar-refractivity contribution is 8.27. The molecule has 0 unspecified atom stereocenters. The molecule has 31 heavy (non-hydrogen) atoms. The van der Waals surface area contributed by atoms with Crippen LogP contribution in [0.2, 0.25) is 10.0 Å². The Kier molecular flexibility index (Phi) is 7.39. The van der Waals surface area contributed by atoms with Gasteiger partial charge in [0.05, 0.1) is 15.0 Å². The van der Waals surface area contributed by atoms with Gasteiger partial charge in [-0.25, -0.2) is 0 Å². The van der Waals surface area contributed by atoms with E-state index in [1.807, 2.05) is 29.2 Å².